The van der Waals surface area contributed by atoms with Crippen LogP contribution in [0.4, 0.5) is 0 Å². The van der Waals surface area contributed by atoms with Gasteiger partial charge >= 0.3 is 5.97 Å². The van der Waals surface area contributed by atoms with E-state index >= 15 is 0 Å². The van der Waals surface area contributed by atoms with Gasteiger partial charge in [-0.1, -0.05) is 32.0 Å². The number of hydrogen-bond acceptors (Lipinski definition) is 9. The van der Waals surface area contributed by atoms with Gasteiger partial charge in [-0.2, -0.15) is 0 Å². The highest BCUT2D eigenvalue weighted by molar-refractivity contribution is 7.09. The zero-order valence-electron chi connectivity index (χ0n) is 23.7. The van der Waals surface area contributed by atoms with E-state index in [-0.39, 0.29) is 23.7 Å². The number of ether oxygens (including phenoxy) is 3. The Kier molecular flexibility index (Phi) is 8.88. The van der Waals surface area contributed by atoms with Gasteiger partial charge in [-0.05, 0) is 50.3 Å². The molecule has 1 saturated heterocycles. The summed E-state index contributed by atoms with van der Waals surface area (Å²) in [5.41, 5.74) is -1.22. The van der Waals surface area contributed by atoms with E-state index in [1.807, 2.05) is 11.4 Å². The number of thiazole rings is 1. The van der Waals surface area contributed by atoms with Gasteiger partial charge in [0, 0.05) is 30.2 Å². The second-order valence-electron chi connectivity index (χ2n) is 11.4. The third-order valence-corrected chi connectivity index (χ3v) is 7.26. The fourth-order valence-corrected chi connectivity index (χ4v) is 5.69. The fourth-order valence-electron chi connectivity index (χ4n) is 4.87. The summed E-state index contributed by atoms with van der Waals surface area (Å²) in [7, 11) is 4.57. The van der Waals surface area contributed by atoms with Crippen LogP contribution in [-0.2, 0) is 24.5 Å². The second-order valence-corrected chi connectivity index (χ2v) is 12.3. The maximum absolute atomic E-state index is 14.5. The van der Waals surface area contributed by atoms with Crippen molar-refractivity contribution in [3.05, 3.63) is 45.9 Å². The number of aromatic nitrogens is 1. The number of esters is 1. The predicted octanol–water partition coefficient (Wildman–Crippen LogP) is 5.01. The van der Waals surface area contributed by atoms with Gasteiger partial charge in [-0.25, -0.2) is 9.78 Å². The van der Waals surface area contributed by atoms with E-state index in [2.05, 4.69) is 30.9 Å². The van der Waals surface area contributed by atoms with Crippen LogP contribution in [0, 0.1) is 5.92 Å². The minimum absolute atomic E-state index is 0.195. The highest BCUT2D eigenvalue weighted by Gasteiger charge is 2.60. The molecular weight excluding hydrogens is 506 g/mol. The molecule has 0 saturated carbocycles. The molecule has 1 aliphatic heterocycles. The largest absolute Gasteiger partial charge is 0.496 e. The van der Waals surface area contributed by atoms with E-state index in [0.29, 0.717) is 22.9 Å². The Morgan fingerprint density at radius 2 is 1.89 bits per heavy atom. The van der Waals surface area contributed by atoms with Gasteiger partial charge in [0.15, 0.2) is 5.54 Å². The molecule has 1 aromatic heterocycles. The number of hydrogen-bond donors (Lipinski definition) is 0. The van der Waals surface area contributed by atoms with Gasteiger partial charge in [-0.3, -0.25) is 4.79 Å². The summed E-state index contributed by atoms with van der Waals surface area (Å²) >= 11 is 1.42. The zero-order chi connectivity index (χ0) is 28.3. The van der Waals surface area contributed by atoms with Gasteiger partial charge in [0.25, 0.3) is 5.91 Å². The van der Waals surface area contributed by atoms with Crippen LogP contribution in [0.1, 0.15) is 74.9 Å². The Morgan fingerprint density at radius 1 is 1.18 bits per heavy atom. The van der Waals surface area contributed by atoms with Crippen LogP contribution in [-0.4, -0.2) is 67.1 Å². The molecule has 38 heavy (non-hydrogen) atoms. The molecule has 0 spiro atoms. The van der Waals surface area contributed by atoms with Crippen molar-refractivity contribution in [2.24, 2.45) is 11.1 Å². The summed E-state index contributed by atoms with van der Waals surface area (Å²) in [6.45, 7) is 11.9. The monoisotopic (exact) mass is 545 g/mol. The summed E-state index contributed by atoms with van der Waals surface area (Å²) in [5, 5.41) is 6.53. The van der Waals surface area contributed by atoms with Gasteiger partial charge in [0.2, 0.25) is 0 Å². The lowest BCUT2D eigenvalue weighted by Gasteiger charge is -2.37. The van der Waals surface area contributed by atoms with Crippen molar-refractivity contribution in [2.45, 2.75) is 70.6 Å². The minimum Gasteiger partial charge on any atom is -0.496 e. The predicted molar refractivity (Wildman–Crippen MR) is 147 cm³/mol. The number of methoxy groups -OCH3 is 2. The maximum Gasteiger partial charge on any atom is 0.338 e. The minimum atomic E-state index is -1.56. The summed E-state index contributed by atoms with van der Waals surface area (Å²) in [6, 6.07) is 4.82. The fraction of sp³-hybridized carbons (Fsp3) is 0.571. The van der Waals surface area contributed by atoms with Crippen molar-refractivity contribution in [2.75, 3.05) is 27.9 Å². The number of carbonyl (C=O) groups excluding carboxylic acids is 2. The highest BCUT2D eigenvalue weighted by atomic mass is 32.1. The van der Waals surface area contributed by atoms with Crippen molar-refractivity contribution < 1.29 is 28.6 Å². The molecule has 2 heterocycles. The number of benzene rings is 1. The average Bonchev–Trinajstić information content (AvgIpc) is 3.47. The molecule has 3 rings (SSSR count). The number of rotatable bonds is 8. The molecule has 1 aliphatic rings. The Balaban J connectivity index is 2.26. The Bertz CT molecular complexity index is 1150. The Hall–Kier alpha value is -2.98. The van der Waals surface area contributed by atoms with Crippen LogP contribution < -0.4 is 4.74 Å². The maximum atomic E-state index is 14.5. The number of oxime groups is 1. The Labute approximate surface area is 229 Å². The van der Waals surface area contributed by atoms with Gasteiger partial charge in [0.05, 0.1) is 26.0 Å². The lowest BCUT2D eigenvalue weighted by atomic mass is 9.85. The normalized spacial score (nSPS) is 22.1. The van der Waals surface area contributed by atoms with E-state index in [4.69, 9.17) is 19.0 Å². The van der Waals surface area contributed by atoms with E-state index in [1.165, 1.54) is 29.6 Å². The topological polar surface area (TPSA) is 99.6 Å². The van der Waals surface area contributed by atoms with E-state index < -0.39 is 23.2 Å². The Morgan fingerprint density at radius 3 is 2.42 bits per heavy atom. The smallest absolute Gasteiger partial charge is 0.338 e. The third kappa shape index (κ3) is 6.02. The summed E-state index contributed by atoms with van der Waals surface area (Å²) in [4.78, 5) is 39.5. The first-order valence-electron chi connectivity index (χ1n) is 12.5. The van der Waals surface area contributed by atoms with Crippen LogP contribution in [0.5, 0.6) is 5.75 Å². The lowest BCUT2D eigenvalue weighted by Crippen LogP contribution is -2.57. The van der Waals surface area contributed by atoms with Crippen LogP contribution in [0.3, 0.4) is 0 Å². The van der Waals surface area contributed by atoms with Crippen molar-refractivity contribution in [3.8, 4) is 5.75 Å². The molecule has 208 valence electrons. The van der Waals surface area contributed by atoms with Crippen LogP contribution in [0.15, 0.2) is 34.9 Å². The van der Waals surface area contributed by atoms with Crippen molar-refractivity contribution in [1.82, 2.24) is 9.88 Å². The molecule has 0 N–H and O–H groups in total. The summed E-state index contributed by atoms with van der Waals surface area (Å²) in [5.74, 6) is -0.648. The number of amides is 1. The van der Waals surface area contributed by atoms with Gasteiger partial charge < -0.3 is 23.9 Å². The first kappa shape index (κ1) is 29.6. The highest BCUT2D eigenvalue weighted by Crippen LogP contribution is 2.49. The van der Waals surface area contributed by atoms with Crippen molar-refractivity contribution in [3.63, 3.8) is 0 Å². The molecule has 2 aromatic rings. The molecule has 1 fully saturated rings. The molecule has 3 atom stereocenters. The van der Waals surface area contributed by atoms with Crippen LogP contribution in [0.25, 0.3) is 0 Å². The number of nitrogens with zero attached hydrogens (tertiary/aromatic N) is 3. The molecule has 0 bridgehead atoms. The van der Waals surface area contributed by atoms with E-state index in [9.17, 15) is 9.59 Å². The van der Waals surface area contributed by atoms with Gasteiger partial charge in [-0.15, -0.1) is 11.3 Å². The molecular formula is C28H39N3O6S. The quantitative estimate of drug-likeness (QED) is 0.261. The first-order valence-corrected chi connectivity index (χ1v) is 13.4. The average molecular weight is 546 g/mol. The van der Waals surface area contributed by atoms with Crippen LogP contribution >= 0.6 is 11.3 Å². The molecule has 1 amide bonds. The molecule has 3 unspecified atom stereocenters. The molecule has 1 aromatic carbocycles. The zero-order valence-corrected chi connectivity index (χ0v) is 24.5. The third-order valence-electron chi connectivity index (χ3n) is 6.41. The van der Waals surface area contributed by atoms with Crippen LogP contribution in [0.2, 0.25) is 0 Å². The van der Waals surface area contributed by atoms with E-state index in [1.54, 1.807) is 53.3 Å². The molecule has 0 aliphatic carbocycles. The van der Waals surface area contributed by atoms with Crippen molar-refractivity contribution in [1.29, 1.82) is 0 Å². The molecule has 9 nitrogen and oxygen atoms in total. The number of carbonyl (C=O) groups is 2. The second kappa shape index (κ2) is 11.4. The summed E-state index contributed by atoms with van der Waals surface area (Å²) < 4.78 is 17.1. The molecule has 0 radical (unpaired) electrons. The lowest BCUT2D eigenvalue weighted by molar-refractivity contribution is -0.163. The van der Waals surface area contributed by atoms with Gasteiger partial charge in [0.1, 0.15) is 23.5 Å². The molecule has 10 heteroatoms. The summed E-state index contributed by atoms with van der Waals surface area (Å²) in [6.07, 6.45) is 3.27. The standard InChI is InChI=1S/C28H39N3O6S/c1-26(2,3)20-11-10-18(14-21(20)35-8)24(32)31-22(23-29-12-13-38-23)19(16-34-7)15-28(31,17-30-36-9)25(33)37-27(4,5)6/h10-14,17,19,22H,15-16H2,1-9H3/b30-17+. The van der Waals surface area contributed by atoms with Crippen molar-refractivity contribution >= 4 is 29.4 Å². The SMILES string of the molecule is COCC1CC(/C=N/OC)(C(=O)OC(C)(C)C)N(C(=O)c2ccc(C(C)(C)C)c(OC)c2)C1c1nccs1. The van der Waals surface area contributed by atoms with E-state index in [0.717, 1.165) is 5.56 Å². The number of likely N-dealkylation sites (tertiary alicyclic amines) is 1. The first-order chi connectivity index (χ1) is 17.8.